The van der Waals surface area contributed by atoms with Gasteiger partial charge in [-0.3, -0.25) is 0 Å². The predicted molar refractivity (Wildman–Crippen MR) is 92.5 cm³/mol. The average molecular weight is 348 g/mol. The fraction of sp³-hybridized carbons (Fsp3) is 0.474. The summed E-state index contributed by atoms with van der Waals surface area (Å²) in [7, 11) is 1.91. The average Bonchev–Trinajstić information content (AvgIpc) is 3.39. The SMILES string of the molecule is C[N+]1(O)CCC(c2ccc(C3CC3)cc2)CC1.O=C(O)/C=C\C(=O)O. The van der Waals surface area contributed by atoms with Gasteiger partial charge < -0.3 is 10.2 Å². The van der Waals surface area contributed by atoms with Gasteiger partial charge in [-0.05, 0) is 35.8 Å². The number of hydrogen-bond acceptors (Lipinski definition) is 3. The quantitative estimate of drug-likeness (QED) is 0.574. The van der Waals surface area contributed by atoms with Crippen molar-refractivity contribution in [1.82, 2.24) is 0 Å². The fourth-order valence-electron chi connectivity index (χ4n) is 3.06. The lowest BCUT2D eigenvalue weighted by atomic mass is 9.88. The summed E-state index contributed by atoms with van der Waals surface area (Å²) >= 11 is 0. The largest absolute Gasteiger partial charge is 0.478 e. The van der Waals surface area contributed by atoms with Crippen molar-refractivity contribution in [3.05, 3.63) is 47.5 Å². The van der Waals surface area contributed by atoms with Crippen LogP contribution in [0.3, 0.4) is 0 Å². The number of hydrogen-bond donors (Lipinski definition) is 3. The summed E-state index contributed by atoms with van der Waals surface area (Å²) in [6.45, 7) is 1.77. The molecule has 6 nitrogen and oxygen atoms in total. The first-order valence-corrected chi connectivity index (χ1v) is 8.58. The molecule has 2 fully saturated rings. The Kier molecular flexibility index (Phi) is 6.33. The molecule has 136 valence electrons. The van der Waals surface area contributed by atoms with Crippen LogP contribution in [0.25, 0.3) is 0 Å². The van der Waals surface area contributed by atoms with Gasteiger partial charge in [0, 0.05) is 25.0 Å². The van der Waals surface area contributed by atoms with Crippen molar-refractivity contribution < 1.29 is 29.7 Å². The molecule has 0 amide bonds. The molecular weight excluding hydrogens is 322 g/mol. The Morgan fingerprint density at radius 3 is 1.56 bits per heavy atom. The zero-order valence-corrected chi connectivity index (χ0v) is 14.5. The molecule has 1 saturated carbocycles. The van der Waals surface area contributed by atoms with E-state index in [1.165, 1.54) is 24.0 Å². The van der Waals surface area contributed by atoms with Crippen LogP contribution in [0.5, 0.6) is 0 Å². The third-order valence-electron chi connectivity index (χ3n) is 4.74. The second-order valence-corrected chi connectivity index (χ2v) is 7.01. The standard InChI is InChI=1S/C15H22NO.C4H4O4/c1-16(17)10-8-15(9-11-16)14-6-4-13(5-7-14)12-2-3-12;5-3(6)1-2-4(7)8/h4-7,12,15,17H,2-3,8-11H2,1H3;1-2H,(H,5,6)(H,7,8)/q+1;/b;2-1-. The van der Waals surface area contributed by atoms with E-state index in [0.717, 1.165) is 31.8 Å². The molecule has 0 bridgehead atoms. The summed E-state index contributed by atoms with van der Waals surface area (Å²) in [6.07, 6.45) is 6.09. The number of piperidine rings is 1. The Bertz CT molecular complexity index is 606. The smallest absolute Gasteiger partial charge is 0.328 e. The molecule has 1 saturated heterocycles. The summed E-state index contributed by atoms with van der Waals surface area (Å²) in [5, 5.41) is 25.5. The van der Waals surface area contributed by atoms with Gasteiger partial charge in [0.2, 0.25) is 0 Å². The van der Waals surface area contributed by atoms with Crippen LogP contribution in [0.15, 0.2) is 36.4 Å². The molecule has 0 aromatic heterocycles. The van der Waals surface area contributed by atoms with Crippen molar-refractivity contribution in [1.29, 1.82) is 0 Å². The molecule has 1 aliphatic heterocycles. The molecule has 0 atom stereocenters. The van der Waals surface area contributed by atoms with Crippen LogP contribution in [0.1, 0.15) is 48.6 Å². The minimum Gasteiger partial charge on any atom is -0.478 e. The van der Waals surface area contributed by atoms with Gasteiger partial charge in [-0.15, -0.1) is 0 Å². The summed E-state index contributed by atoms with van der Waals surface area (Å²) in [5.74, 6) is -1.01. The summed E-state index contributed by atoms with van der Waals surface area (Å²) in [4.78, 5) is 19.1. The monoisotopic (exact) mass is 348 g/mol. The Hall–Kier alpha value is -2.18. The highest BCUT2D eigenvalue weighted by Gasteiger charge is 2.30. The van der Waals surface area contributed by atoms with E-state index in [2.05, 4.69) is 24.3 Å². The summed E-state index contributed by atoms with van der Waals surface area (Å²) in [6, 6.07) is 9.25. The number of aliphatic carboxylic acids is 2. The molecule has 1 aliphatic carbocycles. The number of nitrogens with zero attached hydrogens (tertiary/aromatic N) is 1. The van der Waals surface area contributed by atoms with Crippen LogP contribution in [0.4, 0.5) is 0 Å². The fourth-order valence-corrected chi connectivity index (χ4v) is 3.06. The van der Waals surface area contributed by atoms with Crippen molar-refractivity contribution in [3.63, 3.8) is 0 Å². The van der Waals surface area contributed by atoms with E-state index in [-0.39, 0.29) is 4.65 Å². The van der Waals surface area contributed by atoms with Crippen LogP contribution in [0.2, 0.25) is 0 Å². The molecule has 1 aromatic carbocycles. The first kappa shape index (κ1) is 19.1. The third kappa shape index (κ3) is 6.68. The summed E-state index contributed by atoms with van der Waals surface area (Å²) in [5.41, 5.74) is 2.99. The van der Waals surface area contributed by atoms with Crippen LogP contribution in [0, 0.1) is 0 Å². The van der Waals surface area contributed by atoms with Crippen molar-refractivity contribution in [2.45, 2.75) is 37.5 Å². The number of carboxylic acid groups (broad SMARTS) is 2. The van der Waals surface area contributed by atoms with Gasteiger partial charge in [0.05, 0.1) is 7.05 Å². The van der Waals surface area contributed by atoms with E-state index in [1.807, 2.05) is 7.05 Å². The first-order chi connectivity index (χ1) is 11.8. The molecule has 1 aromatic rings. The lowest BCUT2D eigenvalue weighted by Crippen LogP contribution is -2.46. The van der Waals surface area contributed by atoms with Crippen LogP contribution >= 0.6 is 0 Å². The molecule has 3 N–H and O–H groups in total. The molecule has 3 rings (SSSR count). The van der Waals surface area contributed by atoms with Gasteiger partial charge in [-0.25, -0.2) is 14.8 Å². The van der Waals surface area contributed by atoms with Crippen LogP contribution in [-0.4, -0.2) is 52.1 Å². The third-order valence-corrected chi connectivity index (χ3v) is 4.74. The van der Waals surface area contributed by atoms with Crippen LogP contribution in [-0.2, 0) is 9.59 Å². The predicted octanol–water partition coefficient (Wildman–Crippen LogP) is 2.99. The molecule has 0 spiro atoms. The van der Waals surface area contributed by atoms with E-state index in [1.54, 1.807) is 0 Å². The molecule has 6 heteroatoms. The van der Waals surface area contributed by atoms with E-state index in [4.69, 9.17) is 10.2 Å². The van der Waals surface area contributed by atoms with Crippen molar-refractivity contribution >= 4 is 11.9 Å². The maximum absolute atomic E-state index is 9.90. The molecule has 0 radical (unpaired) electrons. The Morgan fingerprint density at radius 2 is 1.24 bits per heavy atom. The van der Waals surface area contributed by atoms with E-state index < -0.39 is 11.9 Å². The van der Waals surface area contributed by atoms with Gasteiger partial charge >= 0.3 is 11.9 Å². The normalized spacial score (nSPS) is 25.9. The number of rotatable bonds is 4. The highest BCUT2D eigenvalue weighted by Crippen LogP contribution is 2.40. The van der Waals surface area contributed by atoms with E-state index in [9.17, 15) is 14.8 Å². The Morgan fingerprint density at radius 1 is 0.880 bits per heavy atom. The lowest BCUT2D eigenvalue weighted by Gasteiger charge is -2.33. The highest BCUT2D eigenvalue weighted by atomic mass is 16.5. The maximum atomic E-state index is 9.90. The highest BCUT2D eigenvalue weighted by molar-refractivity contribution is 5.89. The zero-order chi connectivity index (χ0) is 18.4. The Labute approximate surface area is 147 Å². The molecule has 0 unspecified atom stereocenters. The minimum atomic E-state index is -1.26. The number of likely N-dealkylation sites (tertiary alicyclic amines) is 1. The Balaban J connectivity index is 0.000000242. The number of carbonyl (C=O) groups is 2. The number of carboxylic acids is 2. The summed E-state index contributed by atoms with van der Waals surface area (Å²) < 4.78 is 0.205. The zero-order valence-electron chi connectivity index (χ0n) is 14.5. The number of benzene rings is 1. The van der Waals surface area contributed by atoms with Gasteiger partial charge in [-0.2, -0.15) is 4.65 Å². The van der Waals surface area contributed by atoms with Crippen molar-refractivity contribution in [2.75, 3.05) is 20.1 Å². The second-order valence-electron chi connectivity index (χ2n) is 7.01. The van der Waals surface area contributed by atoms with Crippen molar-refractivity contribution in [2.24, 2.45) is 0 Å². The van der Waals surface area contributed by atoms with Gasteiger partial charge in [0.15, 0.2) is 0 Å². The second kappa shape index (κ2) is 8.27. The molecule has 2 aliphatic rings. The number of quaternary nitrogens is 1. The van der Waals surface area contributed by atoms with Crippen LogP contribution < -0.4 is 0 Å². The minimum absolute atomic E-state index is 0.205. The van der Waals surface area contributed by atoms with E-state index in [0.29, 0.717) is 18.1 Å². The van der Waals surface area contributed by atoms with Crippen molar-refractivity contribution in [3.8, 4) is 0 Å². The first-order valence-electron chi connectivity index (χ1n) is 8.58. The van der Waals surface area contributed by atoms with Gasteiger partial charge in [0.1, 0.15) is 13.1 Å². The maximum Gasteiger partial charge on any atom is 0.328 e. The topological polar surface area (TPSA) is 94.8 Å². The molecular formula is C19H26NO5+. The van der Waals surface area contributed by atoms with Gasteiger partial charge in [-0.1, -0.05) is 24.3 Å². The molecule has 1 heterocycles. The molecule has 25 heavy (non-hydrogen) atoms. The van der Waals surface area contributed by atoms with E-state index >= 15 is 0 Å². The number of hydroxylamine groups is 3. The lowest BCUT2D eigenvalue weighted by molar-refractivity contribution is -1.09. The van der Waals surface area contributed by atoms with Gasteiger partial charge in [0.25, 0.3) is 0 Å².